The first kappa shape index (κ1) is 16.5. The predicted molar refractivity (Wildman–Crippen MR) is 86.2 cm³/mol. The number of H-pyrrole nitrogens is 1. The van der Waals surface area contributed by atoms with Gasteiger partial charge in [0.05, 0.1) is 24.2 Å². The average molecular weight is 369 g/mol. The zero-order chi connectivity index (χ0) is 17.9. The third kappa shape index (κ3) is 2.38. The Kier molecular flexibility index (Phi) is 3.66. The van der Waals surface area contributed by atoms with E-state index in [0.717, 1.165) is 0 Å². The van der Waals surface area contributed by atoms with Crippen molar-refractivity contribution in [3.63, 3.8) is 0 Å². The highest BCUT2D eigenvalue weighted by Crippen LogP contribution is 2.48. The van der Waals surface area contributed by atoms with Gasteiger partial charge in [-0.15, -0.1) is 0 Å². The van der Waals surface area contributed by atoms with Gasteiger partial charge >= 0.3 is 6.09 Å². The van der Waals surface area contributed by atoms with Gasteiger partial charge in [0.25, 0.3) is 0 Å². The summed E-state index contributed by atoms with van der Waals surface area (Å²) in [4.78, 5) is 24.2. The number of aromatic nitrogens is 3. The Morgan fingerprint density at radius 2 is 2.12 bits per heavy atom. The monoisotopic (exact) mass is 368 g/mol. The molecule has 2 aliphatic heterocycles. The molecule has 0 spiro atoms. The van der Waals surface area contributed by atoms with Crippen LogP contribution in [0.15, 0.2) is 12.5 Å². The number of aliphatic hydroxyl groups is 1. The molecule has 1 amide bonds. The predicted octanol–water partition coefficient (Wildman–Crippen LogP) is 1.53. The second-order valence-corrected chi connectivity index (χ2v) is 6.94. The average Bonchev–Trinajstić information content (AvgIpc) is 3.16. The van der Waals surface area contributed by atoms with E-state index in [1.54, 1.807) is 20.0 Å². The zero-order valence-corrected chi connectivity index (χ0v) is 14.3. The molecular formula is C15H17ClN4O5. The standard InChI is InChI=1S/C15H17ClN4O5/c1-15(2)24-11-7(4-21)20(14(22)23)10(12(11)25-15)6-3-17-9-8(6)18-5-19-13(9)16/h3,5,7,10-12,17,21H,4H2,1-2H3,(H,22,23). The van der Waals surface area contributed by atoms with Crippen LogP contribution in [0.5, 0.6) is 0 Å². The van der Waals surface area contributed by atoms with Crippen molar-refractivity contribution in [2.24, 2.45) is 0 Å². The molecule has 9 nitrogen and oxygen atoms in total. The van der Waals surface area contributed by atoms with Crippen LogP contribution in [-0.4, -0.2) is 66.8 Å². The van der Waals surface area contributed by atoms with E-state index in [2.05, 4.69) is 15.0 Å². The lowest BCUT2D eigenvalue weighted by Gasteiger charge is -2.31. The van der Waals surface area contributed by atoms with Gasteiger partial charge in [-0.1, -0.05) is 11.6 Å². The smallest absolute Gasteiger partial charge is 0.408 e. The Bertz CT molecular complexity index is 840. The van der Waals surface area contributed by atoms with E-state index < -0.39 is 36.2 Å². The molecule has 25 heavy (non-hydrogen) atoms. The van der Waals surface area contributed by atoms with Crippen LogP contribution >= 0.6 is 11.6 Å². The highest BCUT2D eigenvalue weighted by Gasteiger charge is 2.60. The van der Waals surface area contributed by atoms with E-state index in [0.29, 0.717) is 16.6 Å². The van der Waals surface area contributed by atoms with E-state index in [9.17, 15) is 15.0 Å². The molecule has 4 unspecified atom stereocenters. The number of hydrogen-bond donors (Lipinski definition) is 3. The SMILES string of the molecule is CC1(C)OC2C(O1)C(c1c[nH]c3c(Cl)ncnc13)N(C(=O)O)C2CO. The fourth-order valence-electron chi connectivity index (χ4n) is 3.82. The number of halogens is 1. The maximum absolute atomic E-state index is 11.9. The van der Waals surface area contributed by atoms with Crippen molar-refractivity contribution >= 4 is 28.7 Å². The summed E-state index contributed by atoms with van der Waals surface area (Å²) >= 11 is 6.08. The summed E-state index contributed by atoms with van der Waals surface area (Å²) in [6.45, 7) is 3.15. The Labute approximate surface area is 147 Å². The van der Waals surface area contributed by atoms with E-state index in [1.165, 1.54) is 11.2 Å². The van der Waals surface area contributed by atoms with Crippen molar-refractivity contribution in [2.45, 2.75) is 43.9 Å². The molecule has 2 saturated heterocycles. The van der Waals surface area contributed by atoms with Crippen LogP contribution in [-0.2, 0) is 9.47 Å². The summed E-state index contributed by atoms with van der Waals surface area (Å²) in [5.74, 6) is -0.871. The van der Waals surface area contributed by atoms with Crippen molar-refractivity contribution in [1.29, 1.82) is 0 Å². The molecular weight excluding hydrogens is 352 g/mol. The molecule has 10 heteroatoms. The minimum Gasteiger partial charge on any atom is -0.465 e. The number of nitrogens with zero attached hydrogens (tertiary/aromatic N) is 3. The van der Waals surface area contributed by atoms with Gasteiger partial charge in [-0.3, -0.25) is 4.90 Å². The van der Waals surface area contributed by atoms with Gasteiger partial charge in [0.2, 0.25) is 0 Å². The van der Waals surface area contributed by atoms with Gasteiger partial charge in [0.15, 0.2) is 10.9 Å². The lowest BCUT2D eigenvalue weighted by atomic mass is 10.0. The van der Waals surface area contributed by atoms with E-state index in [4.69, 9.17) is 21.1 Å². The molecule has 0 aromatic carbocycles. The largest absolute Gasteiger partial charge is 0.465 e. The summed E-state index contributed by atoms with van der Waals surface area (Å²) in [5, 5.41) is 19.8. The van der Waals surface area contributed by atoms with Crippen molar-refractivity contribution in [2.75, 3.05) is 6.61 Å². The van der Waals surface area contributed by atoms with Crippen molar-refractivity contribution < 1.29 is 24.5 Å². The third-order valence-electron chi connectivity index (χ3n) is 4.68. The van der Waals surface area contributed by atoms with Gasteiger partial charge in [-0.25, -0.2) is 14.8 Å². The summed E-state index contributed by atoms with van der Waals surface area (Å²) in [5.41, 5.74) is 1.64. The number of nitrogens with one attached hydrogen (secondary N) is 1. The molecule has 2 aromatic heterocycles. The molecule has 4 heterocycles. The van der Waals surface area contributed by atoms with Crippen LogP contribution in [0.4, 0.5) is 4.79 Å². The molecule has 0 bridgehead atoms. The molecule has 2 aromatic rings. The molecule has 3 N–H and O–H groups in total. The van der Waals surface area contributed by atoms with Crippen LogP contribution in [0, 0.1) is 0 Å². The summed E-state index contributed by atoms with van der Waals surface area (Å²) < 4.78 is 11.8. The molecule has 4 atom stereocenters. The second-order valence-electron chi connectivity index (χ2n) is 6.58. The number of aromatic amines is 1. The van der Waals surface area contributed by atoms with Crippen LogP contribution in [0.3, 0.4) is 0 Å². The zero-order valence-electron chi connectivity index (χ0n) is 13.5. The fraction of sp³-hybridized carbons (Fsp3) is 0.533. The van der Waals surface area contributed by atoms with E-state index >= 15 is 0 Å². The number of ether oxygens (including phenoxy) is 2. The Hall–Kier alpha value is -1.94. The molecule has 0 aliphatic carbocycles. The van der Waals surface area contributed by atoms with Gasteiger partial charge in [-0.2, -0.15) is 0 Å². The first-order chi connectivity index (χ1) is 11.8. The molecule has 2 aliphatic rings. The first-order valence-electron chi connectivity index (χ1n) is 7.79. The number of fused-ring (bicyclic) bond motifs is 2. The van der Waals surface area contributed by atoms with Crippen LogP contribution in [0.1, 0.15) is 25.5 Å². The molecule has 4 rings (SSSR count). The third-order valence-corrected chi connectivity index (χ3v) is 4.97. The highest BCUT2D eigenvalue weighted by molar-refractivity contribution is 6.33. The van der Waals surface area contributed by atoms with E-state index in [-0.39, 0.29) is 11.8 Å². The minimum atomic E-state index is -1.17. The lowest BCUT2D eigenvalue weighted by molar-refractivity contribution is -0.167. The van der Waals surface area contributed by atoms with Crippen LogP contribution in [0.2, 0.25) is 5.15 Å². The lowest BCUT2D eigenvalue weighted by Crippen LogP contribution is -2.44. The van der Waals surface area contributed by atoms with Crippen molar-refractivity contribution in [3.8, 4) is 0 Å². The normalized spacial score (nSPS) is 30.8. The number of aliphatic hydroxyl groups excluding tert-OH is 1. The Balaban J connectivity index is 1.87. The highest BCUT2D eigenvalue weighted by atomic mass is 35.5. The quantitative estimate of drug-likeness (QED) is 0.687. The van der Waals surface area contributed by atoms with Crippen molar-refractivity contribution in [3.05, 3.63) is 23.2 Å². The molecule has 134 valence electrons. The molecule has 0 saturated carbocycles. The number of likely N-dealkylation sites (tertiary alicyclic amines) is 1. The Morgan fingerprint density at radius 3 is 2.80 bits per heavy atom. The first-order valence-corrected chi connectivity index (χ1v) is 8.17. The maximum Gasteiger partial charge on any atom is 0.408 e. The van der Waals surface area contributed by atoms with Gasteiger partial charge in [0.1, 0.15) is 24.1 Å². The minimum absolute atomic E-state index is 0.246. The Morgan fingerprint density at radius 1 is 1.40 bits per heavy atom. The topological polar surface area (TPSA) is 121 Å². The number of rotatable bonds is 2. The summed E-state index contributed by atoms with van der Waals surface area (Å²) in [6, 6.07) is -1.43. The molecule has 2 fully saturated rings. The van der Waals surface area contributed by atoms with Crippen LogP contribution in [0.25, 0.3) is 11.0 Å². The number of carboxylic acid groups (broad SMARTS) is 1. The fourth-order valence-corrected chi connectivity index (χ4v) is 4.00. The van der Waals surface area contributed by atoms with Crippen LogP contribution < -0.4 is 0 Å². The van der Waals surface area contributed by atoms with Crippen molar-refractivity contribution in [1.82, 2.24) is 19.9 Å². The van der Waals surface area contributed by atoms with E-state index in [1.807, 2.05) is 0 Å². The van der Waals surface area contributed by atoms with Gasteiger partial charge in [0, 0.05) is 11.8 Å². The number of hydrogen-bond acceptors (Lipinski definition) is 6. The molecule has 0 radical (unpaired) electrons. The summed E-state index contributed by atoms with van der Waals surface area (Å²) in [7, 11) is 0. The maximum atomic E-state index is 11.9. The van der Waals surface area contributed by atoms with Gasteiger partial charge in [-0.05, 0) is 13.8 Å². The number of amides is 1. The summed E-state index contributed by atoms with van der Waals surface area (Å²) in [6.07, 6.45) is 0.647. The number of carbonyl (C=O) groups is 1. The van der Waals surface area contributed by atoms with Gasteiger partial charge < -0.3 is 24.7 Å². The second kappa shape index (κ2) is 5.53.